The molecule has 20 heteroatoms. The van der Waals surface area contributed by atoms with Crippen LogP contribution in [0.2, 0.25) is 0 Å². The maximum Gasteiger partial charge on any atom is 0.349 e. The maximum absolute atomic E-state index is 13.8. The van der Waals surface area contributed by atoms with Crippen molar-refractivity contribution in [2.45, 2.75) is 82.1 Å². The second-order valence-electron chi connectivity index (χ2n) is 11.0. The molecule has 0 saturated carbocycles. The quantitative estimate of drug-likeness (QED) is 0.148. The highest BCUT2D eigenvalue weighted by Gasteiger charge is 2.53. The second kappa shape index (κ2) is 15.6. The van der Waals surface area contributed by atoms with Gasteiger partial charge in [-0.2, -0.15) is 4.68 Å². The number of hydrogen-bond acceptors (Lipinski definition) is 16. The zero-order valence-corrected chi connectivity index (χ0v) is 28.3. The SMILES string of the molecule is COC(=O)[C@H]1C=C[C@H](O[C@@H]2O[C@H](COC(C)=O)[C@@H](OC(C)=O)[C@H](OC(C)=O)[C@H]2OC(C)=O)n2c(=O)n(CCS(=O)(=O)c3ccccc3)c(=O)n21. The van der Waals surface area contributed by atoms with Gasteiger partial charge in [-0.3, -0.25) is 19.2 Å². The molecule has 7 atom stereocenters. The van der Waals surface area contributed by atoms with Crippen LogP contribution in [0.15, 0.2) is 57.0 Å². The summed E-state index contributed by atoms with van der Waals surface area (Å²) in [6.45, 7) is 2.98. The van der Waals surface area contributed by atoms with Crippen LogP contribution in [0.25, 0.3) is 0 Å². The lowest BCUT2D eigenvalue weighted by molar-refractivity contribution is -0.321. The van der Waals surface area contributed by atoms with Gasteiger partial charge < -0.3 is 33.2 Å². The van der Waals surface area contributed by atoms with E-state index in [1.807, 2.05) is 0 Å². The number of nitrogens with zero attached hydrogens (tertiary/aromatic N) is 3. The van der Waals surface area contributed by atoms with Crippen molar-refractivity contribution >= 4 is 39.7 Å². The molecule has 2 aliphatic heterocycles. The summed E-state index contributed by atoms with van der Waals surface area (Å²) in [6.07, 6.45) is -7.24. The van der Waals surface area contributed by atoms with Crippen LogP contribution >= 0.6 is 0 Å². The number of ether oxygens (including phenoxy) is 7. The minimum absolute atomic E-state index is 0.0453. The Labute approximate surface area is 284 Å². The van der Waals surface area contributed by atoms with Crippen LogP contribution < -0.4 is 11.4 Å². The molecule has 2 aromatic rings. The highest BCUT2D eigenvalue weighted by molar-refractivity contribution is 7.91. The molecule has 19 nitrogen and oxygen atoms in total. The van der Waals surface area contributed by atoms with Gasteiger partial charge in [0.05, 0.1) is 17.8 Å². The monoisotopic (exact) mass is 725 g/mol. The van der Waals surface area contributed by atoms with Crippen LogP contribution in [0, 0.1) is 0 Å². The van der Waals surface area contributed by atoms with E-state index >= 15 is 0 Å². The zero-order chi connectivity index (χ0) is 36.9. The molecule has 1 aromatic heterocycles. The lowest BCUT2D eigenvalue weighted by Gasteiger charge is -2.44. The average molecular weight is 726 g/mol. The van der Waals surface area contributed by atoms with E-state index in [1.165, 1.54) is 36.4 Å². The predicted molar refractivity (Wildman–Crippen MR) is 164 cm³/mol. The van der Waals surface area contributed by atoms with E-state index < -0.39 is 113 Å². The van der Waals surface area contributed by atoms with Gasteiger partial charge in [-0.15, -0.1) is 0 Å². The van der Waals surface area contributed by atoms with Crippen molar-refractivity contribution in [1.29, 1.82) is 0 Å². The van der Waals surface area contributed by atoms with Gasteiger partial charge in [0.2, 0.25) is 6.29 Å². The molecule has 0 amide bonds. The summed E-state index contributed by atoms with van der Waals surface area (Å²) in [5, 5.41) is 0. The molecule has 3 heterocycles. The average Bonchev–Trinajstić information content (AvgIpc) is 3.30. The predicted octanol–water partition coefficient (Wildman–Crippen LogP) is -0.832. The van der Waals surface area contributed by atoms with E-state index in [0.717, 1.165) is 34.8 Å². The number of methoxy groups -OCH3 is 1. The summed E-state index contributed by atoms with van der Waals surface area (Å²) in [7, 11) is -2.92. The summed E-state index contributed by atoms with van der Waals surface area (Å²) in [5.41, 5.74) is -2.19. The number of rotatable bonds is 12. The first-order valence-electron chi connectivity index (χ1n) is 15.0. The summed E-state index contributed by atoms with van der Waals surface area (Å²) < 4.78 is 65.9. The van der Waals surface area contributed by atoms with Gasteiger partial charge >= 0.3 is 41.2 Å². The highest BCUT2D eigenvalue weighted by Crippen LogP contribution is 2.33. The third-order valence-corrected chi connectivity index (χ3v) is 9.11. The number of fused-ring (bicyclic) bond motifs is 1. The minimum Gasteiger partial charge on any atom is -0.467 e. The van der Waals surface area contributed by atoms with Crippen molar-refractivity contribution < 1.29 is 65.5 Å². The van der Waals surface area contributed by atoms with Crippen molar-refractivity contribution in [1.82, 2.24) is 13.9 Å². The van der Waals surface area contributed by atoms with E-state index in [9.17, 15) is 42.0 Å². The van der Waals surface area contributed by atoms with Crippen LogP contribution in [0.4, 0.5) is 0 Å². The Hall–Kier alpha value is -5.08. The van der Waals surface area contributed by atoms with Gasteiger partial charge in [0.15, 0.2) is 40.4 Å². The maximum atomic E-state index is 13.8. The Balaban J connectivity index is 1.78. The Kier molecular flexibility index (Phi) is 11.8. The van der Waals surface area contributed by atoms with Gasteiger partial charge in [-0.1, -0.05) is 18.2 Å². The van der Waals surface area contributed by atoms with Crippen molar-refractivity contribution in [2.75, 3.05) is 19.5 Å². The normalized spacial score (nSPS) is 24.4. The number of carbonyl (C=O) groups is 5. The first kappa shape index (κ1) is 37.7. The molecular formula is C30H35N3O16S. The smallest absolute Gasteiger partial charge is 0.349 e. The third kappa shape index (κ3) is 8.37. The molecule has 1 aromatic carbocycles. The Morgan fingerprint density at radius 1 is 0.780 bits per heavy atom. The van der Waals surface area contributed by atoms with E-state index in [0.29, 0.717) is 13.9 Å². The molecule has 0 N–H and O–H groups in total. The standard InChI is InChI=1S/C30H35N3O16S/c1-16(34)44-15-22-24(45-17(2)35)25(46-18(3)36)26(47-19(4)37)28(48-22)49-23-12-11-21(27(38)43-5)32-29(39)31(30(40)33(23)32)13-14-50(41,42)20-9-7-6-8-10-20/h6-12,21-26,28H,13-15H2,1-5H3/t21-,22-,23+,24-,25+,26-,28+/m1/s1. The Bertz CT molecular complexity index is 1880. The lowest BCUT2D eigenvalue weighted by atomic mass is 9.98. The molecule has 2 aliphatic rings. The molecule has 1 fully saturated rings. The summed E-state index contributed by atoms with van der Waals surface area (Å²) in [5.74, 6) is -5.07. The number of benzene rings is 1. The van der Waals surface area contributed by atoms with Crippen LogP contribution in [0.3, 0.4) is 0 Å². The van der Waals surface area contributed by atoms with E-state index in [2.05, 4.69) is 0 Å². The van der Waals surface area contributed by atoms with Crippen molar-refractivity contribution in [2.24, 2.45) is 0 Å². The summed E-state index contributed by atoms with van der Waals surface area (Å²) in [4.78, 5) is 88.3. The zero-order valence-electron chi connectivity index (χ0n) is 27.5. The molecule has 1 saturated heterocycles. The number of hydrogen-bond donors (Lipinski definition) is 0. The molecule has 0 radical (unpaired) electrons. The van der Waals surface area contributed by atoms with Gasteiger partial charge in [0.25, 0.3) is 0 Å². The van der Waals surface area contributed by atoms with E-state index in [4.69, 9.17) is 33.2 Å². The number of esters is 5. The highest BCUT2D eigenvalue weighted by atomic mass is 32.2. The summed E-state index contributed by atoms with van der Waals surface area (Å²) >= 11 is 0. The molecule has 0 bridgehead atoms. The van der Waals surface area contributed by atoms with Crippen LogP contribution in [-0.4, -0.2) is 102 Å². The fraction of sp³-hybridized carbons (Fsp3) is 0.500. The molecule has 0 spiro atoms. The number of sulfone groups is 1. The third-order valence-electron chi connectivity index (χ3n) is 7.40. The lowest BCUT2D eigenvalue weighted by Crippen LogP contribution is -2.63. The van der Waals surface area contributed by atoms with E-state index in [-0.39, 0.29) is 4.90 Å². The molecular weight excluding hydrogens is 690 g/mol. The van der Waals surface area contributed by atoms with Crippen molar-refractivity contribution in [3.8, 4) is 0 Å². The van der Waals surface area contributed by atoms with Gasteiger partial charge in [-0.05, 0) is 24.3 Å². The van der Waals surface area contributed by atoms with E-state index in [1.54, 1.807) is 6.07 Å². The Morgan fingerprint density at radius 3 is 1.94 bits per heavy atom. The Morgan fingerprint density at radius 2 is 1.36 bits per heavy atom. The molecule has 50 heavy (non-hydrogen) atoms. The molecule has 0 unspecified atom stereocenters. The molecule has 0 aliphatic carbocycles. The number of carbonyl (C=O) groups excluding carboxylic acids is 5. The fourth-order valence-corrected chi connectivity index (χ4v) is 6.58. The topological polar surface area (TPSA) is 233 Å². The molecule has 272 valence electrons. The van der Waals surface area contributed by atoms with Gasteiger partial charge in [0, 0.05) is 34.2 Å². The van der Waals surface area contributed by atoms with Crippen LogP contribution in [-0.2, 0) is 73.5 Å². The van der Waals surface area contributed by atoms with Gasteiger partial charge in [0.1, 0.15) is 12.7 Å². The minimum atomic E-state index is -3.97. The fourth-order valence-electron chi connectivity index (χ4n) is 5.35. The number of aromatic nitrogens is 3. The van der Waals surface area contributed by atoms with Crippen molar-refractivity contribution in [3.05, 3.63) is 63.5 Å². The van der Waals surface area contributed by atoms with Crippen LogP contribution in [0.5, 0.6) is 0 Å². The first-order valence-corrected chi connectivity index (χ1v) is 16.6. The van der Waals surface area contributed by atoms with Crippen LogP contribution in [0.1, 0.15) is 40.0 Å². The largest absolute Gasteiger partial charge is 0.467 e. The molecule has 4 rings (SSSR count). The summed E-state index contributed by atoms with van der Waals surface area (Å²) in [6, 6.07) is 5.83. The first-order chi connectivity index (χ1) is 23.5. The van der Waals surface area contributed by atoms with Crippen molar-refractivity contribution in [3.63, 3.8) is 0 Å². The second-order valence-corrected chi connectivity index (χ2v) is 13.1. The van der Waals surface area contributed by atoms with Gasteiger partial charge in [-0.25, -0.2) is 32.1 Å².